The summed E-state index contributed by atoms with van der Waals surface area (Å²) < 4.78 is 0. The van der Waals surface area contributed by atoms with Gasteiger partial charge in [-0.2, -0.15) is 0 Å². The normalized spacial score (nSPS) is 12.8. The van der Waals surface area contributed by atoms with Gasteiger partial charge in [0.25, 0.3) is 0 Å². The summed E-state index contributed by atoms with van der Waals surface area (Å²) in [6.07, 6.45) is 0. The van der Waals surface area contributed by atoms with Gasteiger partial charge in [0.05, 0.1) is 27.4 Å². The third kappa shape index (κ3) is 1.75. The summed E-state index contributed by atoms with van der Waals surface area (Å²) in [5.74, 6) is -2.24. The van der Waals surface area contributed by atoms with E-state index in [0.29, 0.717) is 0 Å². The SMILES string of the molecule is Nc1c(C(=O)O)cc(Cl)c2c1C(=O)c1ccccc1C2=O. The number of carbonyl (C=O) groups excluding carboxylic acids is 2. The van der Waals surface area contributed by atoms with Crippen molar-refractivity contribution in [2.45, 2.75) is 0 Å². The molecule has 0 atom stereocenters. The number of nitrogen functional groups attached to an aromatic ring is 1. The van der Waals surface area contributed by atoms with Gasteiger partial charge < -0.3 is 10.8 Å². The number of rotatable bonds is 1. The molecule has 1 aliphatic rings. The first-order valence-corrected chi connectivity index (χ1v) is 6.35. The lowest BCUT2D eigenvalue weighted by atomic mass is 9.82. The molecule has 2 aromatic rings. The Bertz CT molecular complexity index is 842. The van der Waals surface area contributed by atoms with Gasteiger partial charge >= 0.3 is 5.97 Å². The van der Waals surface area contributed by atoms with Crippen LogP contribution in [0.25, 0.3) is 0 Å². The third-order valence-corrected chi connectivity index (χ3v) is 3.72. The number of halogens is 1. The minimum atomic E-state index is -1.31. The Morgan fingerprint density at radius 1 is 1.05 bits per heavy atom. The maximum atomic E-state index is 12.5. The molecule has 5 nitrogen and oxygen atoms in total. The van der Waals surface area contributed by atoms with E-state index in [9.17, 15) is 14.4 Å². The molecular formula is C15H8ClNO4. The van der Waals surface area contributed by atoms with Gasteiger partial charge in [0.15, 0.2) is 11.6 Å². The van der Waals surface area contributed by atoms with Crippen molar-refractivity contribution in [3.8, 4) is 0 Å². The monoisotopic (exact) mass is 301 g/mol. The lowest BCUT2D eigenvalue weighted by Crippen LogP contribution is -2.24. The molecule has 6 heteroatoms. The van der Waals surface area contributed by atoms with Crippen molar-refractivity contribution in [3.63, 3.8) is 0 Å². The predicted octanol–water partition coefficient (Wildman–Crippen LogP) is 2.40. The number of hydrogen-bond acceptors (Lipinski definition) is 4. The van der Waals surface area contributed by atoms with E-state index in [1.165, 1.54) is 12.1 Å². The Hall–Kier alpha value is -2.66. The molecule has 1 aliphatic carbocycles. The highest BCUT2D eigenvalue weighted by Crippen LogP contribution is 2.37. The van der Waals surface area contributed by atoms with Gasteiger partial charge in [-0.15, -0.1) is 0 Å². The molecule has 0 amide bonds. The van der Waals surface area contributed by atoms with Crippen molar-refractivity contribution in [2.75, 3.05) is 5.73 Å². The van der Waals surface area contributed by atoms with Crippen LogP contribution < -0.4 is 5.73 Å². The van der Waals surface area contributed by atoms with Crippen LogP contribution in [0, 0.1) is 0 Å². The lowest BCUT2D eigenvalue weighted by Gasteiger charge is -2.20. The number of benzene rings is 2. The Morgan fingerprint density at radius 3 is 2.10 bits per heavy atom. The van der Waals surface area contributed by atoms with E-state index in [2.05, 4.69) is 0 Å². The second-order valence-electron chi connectivity index (χ2n) is 4.58. The first kappa shape index (κ1) is 13.3. The van der Waals surface area contributed by atoms with Crippen molar-refractivity contribution in [3.05, 3.63) is 63.2 Å². The molecule has 3 rings (SSSR count). The highest BCUT2D eigenvalue weighted by atomic mass is 35.5. The highest BCUT2D eigenvalue weighted by Gasteiger charge is 2.34. The van der Waals surface area contributed by atoms with Crippen molar-refractivity contribution in [2.24, 2.45) is 0 Å². The molecule has 0 bridgehead atoms. The fourth-order valence-electron chi connectivity index (χ4n) is 2.45. The van der Waals surface area contributed by atoms with Crippen LogP contribution in [0.4, 0.5) is 5.69 Å². The fraction of sp³-hybridized carbons (Fsp3) is 0. The van der Waals surface area contributed by atoms with Crippen LogP contribution in [0.5, 0.6) is 0 Å². The van der Waals surface area contributed by atoms with Crippen molar-refractivity contribution < 1.29 is 19.5 Å². The van der Waals surface area contributed by atoms with E-state index in [1.807, 2.05) is 0 Å². The quantitative estimate of drug-likeness (QED) is 0.673. The summed E-state index contributed by atoms with van der Waals surface area (Å²) in [6, 6.07) is 7.37. The highest BCUT2D eigenvalue weighted by molar-refractivity contribution is 6.40. The van der Waals surface area contributed by atoms with Crippen LogP contribution in [0.3, 0.4) is 0 Å². The number of fused-ring (bicyclic) bond motifs is 2. The zero-order valence-corrected chi connectivity index (χ0v) is 11.3. The number of aromatic carboxylic acids is 1. The molecule has 0 saturated heterocycles. The molecule has 0 fully saturated rings. The number of hydrogen-bond donors (Lipinski definition) is 2. The molecular weight excluding hydrogens is 294 g/mol. The van der Waals surface area contributed by atoms with Crippen LogP contribution in [0.2, 0.25) is 5.02 Å². The lowest BCUT2D eigenvalue weighted by molar-refractivity contribution is 0.0697. The first-order chi connectivity index (χ1) is 9.93. The zero-order chi connectivity index (χ0) is 15.3. The zero-order valence-electron chi connectivity index (χ0n) is 10.5. The molecule has 3 N–H and O–H groups in total. The minimum Gasteiger partial charge on any atom is -0.478 e. The Kier molecular flexibility index (Phi) is 2.81. The summed E-state index contributed by atoms with van der Waals surface area (Å²) in [6.45, 7) is 0. The van der Waals surface area contributed by atoms with Crippen LogP contribution >= 0.6 is 11.6 Å². The fourth-order valence-corrected chi connectivity index (χ4v) is 2.74. The molecule has 0 aromatic heterocycles. The van der Waals surface area contributed by atoms with Gasteiger partial charge in [-0.05, 0) is 6.07 Å². The van der Waals surface area contributed by atoms with E-state index in [1.54, 1.807) is 12.1 Å². The summed E-state index contributed by atoms with van der Waals surface area (Å²) in [7, 11) is 0. The molecule has 0 heterocycles. The summed E-state index contributed by atoms with van der Waals surface area (Å²) in [5, 5.41) is 9.01. The number of carbonyl (C=O) groups is 3. The van der Waals surface area contributed by atoms with Gasteiger partial charge in [0, 0.05) is 11.1 Å². The van der Waals surface area contributed by atoms with Gasteiger partial charge in [-0.3, -0.25) is 9.59 Å². The predicted molar refractivity (Wildman–Crippen MR) is 76.1 cm³/mol. The largest absolute Gasteiger partial charge is 0.478 e. The molecule has 0 aliphatic heterocycles. The van der Waals surface area contributed by atoms with Crippen molar-refractivity contribution in [1.29, 1.82) is 0 Å². The summed E-state index contributed by atoms with van der Waals surface area (Å²) in [4.78, 5) is 36.1. The molecule has 0 spiro atoms. The number of carboxylic acid groups (broad SMARTS) is 1. The van der Waals surface area contributed by atoms with E-state index >= 15 is 0 Å². The molecule has 0 unspecified atom stereocenters. The number of carboxylic acids is 1. The number of ketones is 2. The van der Waals surface area contributed by atoms with Gasteiger partial charge in [-0.1, -0.05) is 35.9 Å². The van der Waals surface area contributed by atoms with E-state index in [0.717, 1.165) is 6.07 Å². The van der Waals surface area contributed by atoms with Gasteiger partial charge in [-0.25, -0.2) is 4.79 Å². The summed E-state index contributed by atoms with van der Waals surface area (Å²) >= 11 is 6.00. The molecule has 0 radical (unpaired) electrons. The standard InChI is InChI=1S/C15H8ClNO4/c16-9-5-8(15(20)21)12(17)11-10(9)13(18)6-3-1-2-4-7(6)14(11)19/h1-5H,17H2,(H,20,21). The third-order valence-electron chi connectivity index (χ3n) is 3.42. The Labute approximate surface area is 123 Å². The van der Waals surface area contributed by atoms with Crippen LogP contribution in [0.15, 0.2) is 30.3 Å². The maximum absolute atomic E-state index is 12.5. The average molecular weight is 302 g/mol. The summed E-state index contributed by atoms with van der Waals surface area (Å²) in [5.41, 5.74) is 5.49. The van der Waals surface area contributed by atoms with E-state index in [-0.39, 0.29) is 38.5 Å². The van der Waals surface area contributed by atoms with Crippen molar-refractivity contribution >= 4 is 34.8 Å². The van der Waals surface area contributed by atoms with Crippen LogP contribution in [-0.2, 0) is 0 Å². The molecule has 104 valence electrons. The van der Waals surface area contributed by atoms with Crippen molar-refractivity contribution in [1.82, 2.24) is 0 Å². The van der Waals surface area contributed by atoms with Gasteiger partial charge in [0.2, 0.25) is 0 Å². The molecule has 2 aromatic carbocycles. The minimum absolute atomic E-state index is 0.0390. The number of nitrogens with two attached hydrogens (primary N) is 1. The second kappa shape index (κ2) is 4.43. The Balaban J connectivity index is 2.41. The Morgan fingerprint density at radius 2 is 1.57 bits per heavy atom. The van der Waals surface area contributed by atoms with E-state index < -0.39 is 17.5 Å². The second-order valence-corrected chi connectivity index (χ2v) is 4.99. The van der Waals surface area contributed by atoms with Crippen LogP contribution in [0.1, 0.15) is 42.2 Å². The maximum Gasteiger partial charge on any atom is 0.337 e. The smallest absolute Gasteiger partial charge is 0.337 e. The van der Waals surface area contributed by atoms with Gasteiger partial charge in [0.1, 0.15) is 0 Å². The topological polar surface area (TPSA) is 97.5 Å². The molecule has 21 heavy (non-hydrogen) atoms. The first-order valence-electron chi connectivity index (χ1n) is 5.97. The number of anilines is 1. The van der Waals surface area contributed by atoms with E-state index in [4.69, 9.17) is 22.4 Å². The van der Waals surface area contributed by atoms with Crippen LogP contribution in [-0.4, -0.2) is 22.6 Å². The average Bonchev–Trinajstić information content (AvgIpc) is 2.46. The molecule has 0 saturated carbocycles.